The maximum Gasteiger partial charge on any atom is 0.262 e. The number of allylic oxidation sites excluding steroid dienone is 3. The van der Waals surface area contributed by atoms with Crippen molar-refractivity contribution in [3.8, 4) is 11.4 Å². The minimum Gasteiger partial charge on any atom is -0.487 e. The van der Waals surface area contributed by atoms with Gasteiger partial charge in [0.05, 0.1) is 17.4 Å². The van der Waals surface area contributed by atoms with Crippen LogP contribution in [0.2, 0.25) is 0 Å². The summed E-state index contributed by atoms with van der Waals surface area (Å²) < 4.78 is 7.71. The van der Waals surface area contributed by atoms with Crippen LogP contribution in [0.5, 0.6) is 5.75 Å². The Morgan fingerprint density at radius 3 is 2.49 bits per heavy atom. The van der Waals surface area contributed by atoms with Crippen molar-refractivity contribution in [2.45, 2.75) is 26.3 Å². The average molecular weight is 495 g/mol. The number of piperazine rings is 1. The van der Waals surface area contributed by atoms with Gasteiger partial charge in [-0.1, -0.05) is 60.7 Å². The second-order valence-corrected chi connectivity index (χ2v) is 9.67. The normalized spacial score (nSPS) is 16.2. The number of nitrogens with zero attached hydrogens (tertiary/aromatic N) is 4. The van der Waals surface area contributed by atoms with Gasteiger partial charge in [-0.2, -0.15) is 0 Å². The number of fused-ring (bicyclic) bond motifs is 1. The Labute approximate surface area is 218 Å². The summed E-state index contributed by atoms with van der Waals surface area (Å²) in [7, 11) is 0. The van der Waals surface area contributed by atoms with Crippen LogP contribution in [0.3, 0.4) is 0 Å². The number of aryl methyl sites for hydroxylation is 1. The maximum absolute atomic E-state index is 13.8. The molecule has 6 nitrogen and oxygen atoms in total. The SMILES string of the molecule is C=C(COc1ccccc1)N1CCN(C(C)c2nc3c(c(=O)n2-c2ccc(C)cc2)CC=CC=C3)CC1. The van der Waals surface area contributed by atoms with Crippen LogP contribution < -0.4 is 10.3 Å². The first-order chi connectivity index (χ1) is 18.0. The van der Waals surface area contributed by atoms with Gasteiger partial charge in [-0.15, -0.1) is 0 Å². The maximum atomic E-state index is 13.8. The summed E-state index contributed by atoms with van der Waals surface area (Å²) >= 11 is 0. The molecule has 0 saturated carbocycles. The number of hydrogen-bond donors (Lipinski definition) is 0. The molecule has 3 aromatic rings. The highest BCUT2D eigenvalue weighted by atomic mass is 16.5. The lowest BCUT2D eigenvalue weighted by Crippen LogP contribution is -2.48. The molecular formula is C31H34N4O2. The van der Waals surface area contributed by atoms with Gasteiger partial charge in [-0.25, -0.2) is 4.98 Å². The van der Waals surface area contributed by atoms with Crippen molar-refractivity contribution in [3.63, 3.8) is 0 Å². The van der Waals surface area contributed by atoms with Crippen molar-refractivity contribution in [2.75, 3.05) is 32.8 Å². The highest BCUT2D eigenvalue weighted by Gasteiger charge is 2.28. The molecule has 2 heterocycles. The van der Waals surface area contributed by atoms with Gasteiger partial charge in [0.15, 0.2) is 0 Å². The van der Waals surface area contributed by atoms with Gasteiger partial charge in [0.1, 0.15) is 18.2 Å². The third-order valence-electron chi connectivity index (χ3n) is 7.18. The Kier molecular flexibility index (Phi) is 7.37. The monoisotopic (exact) mass is 494 g/mol. The van der Waals surface area contributed by atoms with Crippen molar-refractivity contribution in [3.05, 3.63) is 118 Å². The molecule has 1 aliphatic heterocycles. The van der Waals surface area contributed by atoms with Crippen LogP contribution in [-0.4, -0.2) is 52.1 Å². The van der Waals surface area contributed by atoms with E-state index in [1.165, 1.54) is 0 Å². The lowest BCUT2D eigenvalue weighted by Gasteiger charge is -2.40. The molecule has 1 saturated heterocycles. The highest BCUT2D eigenvalue weighted by Crippen LogP contribution is 2.25. The molecule has 0 amide bonds. The van der Waals surface area contributed by atoms with Crippen LogP contribution >= 0.6 is 0 Å². The molecule has 0 spiro atoms. The Balaban J connectivity index is 1.35. The molecule has 1 aromatic heterocycles. The average Bonchev–Trinajstić information content (AvgIpc) is 3.18. The van der Waals surface area contributed by atoms with Crippen molar-refractivity contribution >= 4 is 6.08 Å². The molecule has 1 atom stereocenters. The fourth-order valence-electron chi connectivity index (χ4n) is 4.92. The van der Waals surface area contributed by atoms with Crippen molar-refractivity contribution in [1.29, 1.82) is 0 Å². The predicted octanol–water partition coefficient (Wildman–Crippen LogP) is 4.94. The first-order valence-corrected chi connectivity index (χ1v) is 12.9. The molecular weight excluding hydrogens is 460 g/mol. The van der Waals surface area contributed by atoms with Crippen molar-refractivity contribution < 1.29 is 4.74 Å². The summed E-state index contributed by atoms with van der Waals surface area (Å²) in [6.45, 7) is 12.3. The molecule has 190 valence electrons. The Morgan fingerprint density at radius 1 is 1.03 bits per heavy atom. The molecule has 2 aromatic carbocycles. The van der Waals surface area contributed by atoms with E-state index in [-0.39, 0.29) is 11.6 Å². The highest BCUT2D eigenvalue weighted by molar-refractivity contribution is 5.54. The summed E-state index contributed by atoms with van der Waals surface area (Å²) in [4.78, 5) is 23.6. The lowest BCUT2D eigenvalue weighted by atomic mass is 10.1. The van der Waals surface area contributed by atoms with Gasteiger partial charge >= 0.3 is 0 Å². The van der Waals surface area contributed by atoms with E-state index in [0.717, 1.165) is 66.0 Å². The fraction of sp³-hybridized carbons (Fsp3) is 0.290. The molecule has 1 unspecified atom stereocenters. The van der Waals surface area contributed by atoms with E-state index in [4.69, 9.17) is 9.72 Å². The summed E-state index contributed by atoms with van der Waals surface area (Å²) in [6, 6.07) is 17.9. The lowest BCUT2D eigenvalue weighted by molar-refractivity contribution is 0.110. The van der Waals surface area contributed by atoms with Gasteiger partial charge < -0.3 is 9.64 Å². The smallest absolute Gasteiger partial charge is 0.262 e. The van der Waals surface area contributed by atoms with Crippen LogP contribution in [-0.2, 0) is 6.42 Å². The number of ether oxygens (including phenoxy) is 1. The quantitative estimate of drug-likeness (QED) is 0.466. The topological polar surface area (TPSA) is 50.6 Å². The van der Waals surface area contributed by atoms with Crippen LogP contribution in [0.4, 0.5) is 0 Å². The van der Waals surface area contributed by atoms with E-state index in [0.29, 0.717) is 13.0 Å². The zero-order chi connectivity index (χ0) is 25.8. The predicted molar refractivity (Wildman–Crippen MR) is 149 cm³/mol. The third-order valence-corrected chi connectivity index (χ3v) is 7.18. The molecule has 2 aliphatic rings. The van der Waals surface area contributed by atoms with Crippen molar-refractivity contribution in [2.24, 2.45) is 0 Å². The Hall–Kier alpha value is -3.90. The van der Waals surface area contributed by atoms with Gasteiger partial charge in [0.2, 0.25) is 0 Å². The van der Waals surface area contributed by atoms with Crippen molar-refractivity contribution in [1.82, 2.24) is 19.4 Å². The van der Waals surface area contributed by atoms with Crippen LogP contribution in [0.25, 0.3) is 11.8 Å². The molecule has 0 bridgehead atoms. The number of hydrogen-bond acceptors (Lipinski definition) is 5. The minimum absolute atomic E-state index is 0.0111. The number of para-hydroxylation sites is 1. The van der Waals surface area contributed by atoms with Gasteiger partial charge in [-0.05, 0) is 50.6 Å². The van der Waals surface area contributed by atoms with E-state index in [1.807, 2.05) is 83.5 Å². The third kappa shape index (κ3) is 5.44. The Bertz CT molecular complexity index is 1360. The fourth-order valence-corrected chi connectivity index (χ4v) is 4.92. The summed E-state index contributed by atoms with van der Waals surface area (Å²) in [5.41, 5.74) is 4.51. The van der Waals surface area contributed by atoms with E-state index in [1.54, 1.807) is 0 Å². The second-order valence-electron chi connectivity index (χ2n) is 9.67. The molecule has 0 radical (unpaired) electrons. The molecule has 1 fully saturated rings. The second kappa shape index (κ2) is 11.0. The molecule has 37 heavy (non-hydrogen) atoms. The summed E-state index contributed by atoms with van der Waals surface area (Å²) in [5.74, 6) is 1.63. The summed E-state index contributed by atoms with van der Waals surface area (Å²) in [6.07, 6.45) is 8.49. The minimum atomic E-state index is -0.0279. The zero-order valence-corrected chi connectivity index (χ0v) is 21.6. The largest absolute Gasteiger partial charge is 0.487 e. The van der Waals surface area contributed by atoms with E-state index in [2.05, 4.69) is 30.2 Å². The van der Waals surface area contributed by atoms with Crippen LogP contribution in [0.15, 0.2) is 89.9 Å². The van der Waals surface area contributed by atoms with Gasteiger partial charge in [0, 0.05) is 37.4 Å². The number of aromatic nitrogens is 2. The first-order valence-electron chi connectivity index (χ1n) is 12.9. The van der Waals surface area contributed by atoms with Gasteiger partial charge in [-0.3, -0.25) is 14.3 Å². The van der Waals surface area contributed by atoms with Crippen LogP contribution in [0.1, 0.15) is 35.6 Å². The molecule has 0 N–H and O–H groups in total. The first kappa shape index (κ1) is 24.8. The standard InChI is InChI=1S/C31H34N4O2/c1-23-14-16-26(17-15-23)35-30(32-29-13-9-5-8-12-28(29)31(35)36)25(3)34-20-18-33(19-21-34)24(2)22-37-27-10-6-4-7-11-27/h4-11,13-17,25H,2,12,18-22H2,1,3H3. The number of benzene rings is 2. The van der Waals surface area contributed by atoms with E-state index < -0.39 is 0 Å². The van der Waals surface area contributed by atoms with E-state index in [9.17, 15) is 4.79 Å². The van der Waals surface area contributed by atoms with Crippen LogP contribution in [0, 0.1) is 6.92 Å². The molecule has 1 aliphatic carbocycles. The molecule has 6 heteroatoms. The summed E-state index contributed by atoms with van der Waals surface area (Å²) in [5, 5.41) is 0. The Morgan fingerprint density at radius 2 is 1.76 bits per heavy atom. The zero-order valence-electron chi connectivity index (χ0n) is 21.6. The van der Waals surface area contributed by atoms with Gasteiger partial charge in [0.25, 0.3) is 5.56 Å². The number of rotatable bonds is 7. The molecule has 5 rings (SSSR count). The van der Waals surface area contributed by atoms with E-state index >= 15 is 0 Å².